The van der Waals surface area contributed by atoms with Gasteiger partial charge < -0.3 is 13.9 Å². The molecule has 4 rings (SSSR count). The molecule has 0 spiro atoms. The topological polar surface area (TPSA) is 44.9 Å². The van der Waals surface area contributed by atoms with E-state index in [0.29, 0.717) is 13.2 Å². The highest BCUT2D eigenvalue weighted by Crippen LogP contribution is 2.32. The van der Waals surface area contributed by atoms with Gasteiger partial charge in [-0.1, -0.05) is 30.3 Å². The van der Waals surface area contributed by atoms with Crippen molar-refractivity contribution in [3.05, 3.63) is 71.7 Å². The molecule has 0 atom stereocenters. The van der Waals surface area contributed by atoms with Crippen LogP contribution < -0.4 is 0 Å². The zero-order valence-electron chi connectivity index (χ0n) is 14.6. The molecule has 0 radical (unpaired) electrons. The van der Waals surface area contributed by atoms with Crippen molar-refractivity contribution in [2.45, 2.75) is 13.1 Å². The molecule has 4 aromatic rings. The molecule has 0 saturated heterocycles. The van der Waals surface area contributed by atoms with E-state index in [1.54, 1.807) is 18.4 Å². The van der Waals surface area contributed by atoms with Gasteiger partial charge >= 0.3 is 0 Å². The van der Waals surface area contributed by atoms with Crippen LogP contribution in [0.3, 0.4) is 0 Å². The van der Waals surface area contributed by atoms with Crippen LogP contribution in [-0.2, 0) is 17.8 Å². The molecule has 26 heavy (non-hydrogen) atoms. The summed E-state index contributed by atoms with van der Waals surface area (Å²) in [5.74, 6) is 0. The standard InChI is InChI=1S/C20H20N4OS/c1-25-9-8-23-14-21-11-18(23)12-24-15-22-19(16-5-3-2-4-6-16)20(24)17-7-10-26-13-17/h2-7,10-11,13-15H,8-9,12H2,1H3. The largest absolute Gasteiger partial charge is 0.383 e. The smallest absolute Gasteiger partial charge is 0.0963 e. The molecule has 5 nitrogen and oxygen atoms in total. The Kier molecular flexibility index (Phi) is 4.95. The van der Waals surface area contributed by atoms with E-state index in [4.69, 9.17) is 9.72 Å². The first-order valence-electron chi connectivity index (χ1n) is 8.48. The van der Waals surface area contributed by atoms with E-state index in [1.807, 2.05) is 37.1 Å². The van der Waals surface area contributed by atoms with Crippen LogP contribution in [0.1, 0.15) is 5.69 Å². The molecule has 0 saturated carbocycles. The minimum atomic E-state index is 0.667. The summed E-state index contributed by atoms with van der Waals surface area (Å²) >= 11 is 1.70. The van der Waals surface area contributed by atoms with Gasteiger partial charge in [0.15, 0.2) is 0 Å². The highest BCUT2D eigenvalue weighted by Gasteiger charge is 2.16. The number of imidazole rings is 2. The summed E-state index contributed by atoms with van der Waals surface area (Å²) in [5.41, 5.74) is 5.59. The number of methoxy groups -OCH3 is 1. The summed E-state index contributed by atoms with van der Waals surface area (Å²) in [6, 6.07) is 12.5. The molecule has 132 valence electrons. The quantitative estimate of drug-likeness (QED) is 0.494. The first-order chi connectivity index (χ1) is 12.9. The number of hydrogen-bond donors (Lipinski definition) is 0. The molecule has 6 heteroatoms. The Morgan fingerprint density at radius 2 is 1.92 bits per heavy atom. The lowest BCUT2D eigenvalue weighted by atomic mass is 10.1. The number of ether oxygens (including phenoxy) is 1. The van der Waals surface area contributed by atoms with Crippen LogP contribution in [0.15, 0.2) is 66.0 Å². The van der Waals surface area contributed by atoms with E-state index >= 15 is 0 Å². The van der Waals surface area contributed by atoms with Crippen LogP contribution in [0.4, 0.5) is 0 Å². The van der Waals surface area contributed by atoms with Gasteiger partial charge in [-0.3, -0.25) is 0 Å². The van der Waals surface area contributed by atoms with Crippen molar-refractivity contribution in [3.8, 4) is 22.5 Å². The van der Waals surface area contributed by atoms with Crippen LogP contribution in [0.2, 0.25) is 0 Å². The normalized spacial score (nSPS) is 11.1. The van der Waals surface area contributed by atoms with Crippen molar-refractivity contribution in [2.75, 3.05) is 13.7 Å². The Morgan fingerprint density at radius 1 is 1.04 bits per heavy atom. The van der Waals surface area contributed by atoms with E-state index in [1.165, 1.54) is 5.56 Å². The molecule has 1 aromatic carbocycles. The maximum Gasteiger partial charge on any atom is 0.0963 e. The van der Waals surface area contributed by atoms with Crippen molar-refractivity contribution >= 4 is 11.3 Å². The van der Waals surface area contributed by atoms with Crippen LogP contribution >= 0.6 is 11.3 Å². The average Bonchev–Trinajstić information content (AvgIpc) is 3.42. The van der Waals surface area contributed by atoms with Crippen LogP contribution in [0, 0.1) is 0 Å². The third-order valence-corrected chi connectivity index (χ3v) is 5.03. The van der Waals surface area contributed by atoms with Gasteiger partial charge in [-0.25, -0.2) is 9.97 Å². The van der Waals surface area contributed by atoms with Gasteiger partial charge in [-0.05, 0) is 11.4 Å². The lowest BCUT2D eigenvalue weighted by Crippen LogP contribution is -2.10. The van der Waals surface area contributed by atoms with Gasteiger partial charge in [0.2, 0.25) is 0 Å². The lowest BCUT2D eigenvalue weighted by molar-refractivity contribution is 0.186. The van der Waals surface area contributed by atoms with Crippen LogP contribution in [0.25, 0.3) is 22.5 Å². The molecule has 0 unspecified atom stereocenters. The molecule has 0 bridgehead atoms. The summed E-state index contributed by atoms with van der Waals surface area (Å²) in [4.78, 5) is 9.03. The maximum absolute atomic E-state index is 5.20. The van der Waals surface area contributed by atoms with E-state index in [0.717, 1.165) is 29.2 Å². The summed E-state index contributed by atoms with van der Waals surface area (Å²) in [7, 11) is 1.72. The Bertz CT molecular complexity index is 957. The minimum absolute atomic E-state index is 0.667. The second-order valence-electron chi connectivity index (χ2n) is 6.02. The van der Waals surface area contributed by atoms with Crippen molar-refractivity contribution < 1.29 is 4.74 Å². The highest BCUT2D eigenvalue weighted by molar-refractivity contribution is 7.08. The second kappa shape index (κ2) is 7.68. The Hall–Kier alpha value is -2.70. The van der Waals surface area contributed by atoms with Gasteiger partial charge in [-0.15, -0.1) is 0 Å². The van der Waals surface area contributed by atoms with E-state index in [-0.39, 0.29) is 0 Å². The van der Waals surface area contributed by atoms with Crippen LogP contribution in [0.5, 0.6) is 0 Å². The Labute approximate surface area is 156 Å². The lowest BCUT2D eigenvalue weighted by Gasteiger charge is -2.11. The van der Waals surface area contributed by atoms with E-state index < -0.39 is 0 Å². The average molecular weight is 364 g/mol. The molecular weight excluding hydrogens is 344 g/mol. The number of nitrogens with zero attached hydrogens (tertiary/aromatic N) is 4. The minimum Gasteiger partial charge on any atom is -0.383 e. The SMILES string of the molecule is COCCn1cncc1Cn1cnc(-c2ccccc2)c1-c1ccsc1. The molecule has 0 aliphatic carbocycles. The Balaban J connectivity index is 1.73. The molecule has 0 aliphatic rings. The third kappa shape index (κ3) is 3.34. The van der Waals surface area contributed by atoms with E-state index in [9.17, 15) is 0 Å². The number of thiophene rings is 1. The first kappa shape index (κ1) is 16.8. The summed E-state index contributed by atoms with van der Waals surface area (Å²) in [5, 5.41) is 4.27. The van der Waals surface area contributed by atoms with Gasteiger partial charge in [-0.2, -0.15) is 11.3 Å². The second-order valence-corrected chi connectivity index (χ2v) is 6.80. The van der Waals surface area contributed by atoms with Gasteiger partial charge in [0.05, 0.1) is 42.9 Å². The fraction of sp³-hybridized carbons (Fsp3) is 0.200. The molecule has 3 heterocycles. The molecular formula is C20H20N4OS. The number of benzene rings is 1. The summed E-state index contributed by atoms with van der Waals surface area (Å²) in [6.07, 6.45) is 5.69. The summed E-state index contributed by atoms with van der Waals surface area (Å²) < 4.78 is 9.53. The molecule has 3 aromatic heterocycles. The van der Waals surface area contributed by atoms with Crippen molar-refractivity contribution in [2.24, 2.45) is 0 Å². The maximum atomic E-state index is 5.20. The molecule has 0 N–H and O–H groups in total. The van der Waals surface area contributed by atoms with Crippen molar-refractivity contribution in [1.29, 1.82) is 0 Å². The first-order valence-corrected chi connectivity index (χ1v) is 9.42. The predicted octanol–water partition coefficient (Wildman–Crippen LogP) is 4.17. The number of aromatic nitrogens is 4. The fourth-order valence-corrected chi connectivity index (χ4v) is 3.70. The molecule has 0 aliphatic heterocycles. The third-order valence-electron chi connectivity index (χ3n) is 4.35. The van der Waals surface area contributed by atoms with Crippen LogP contribution in [-0.4, -0.2) is 32.8 Å². The van der Waals surface area contributed by atoms with Gasteiger partial charge in [0, 0.05) is 36.4 Å². The fourth-order valence-electron chi connectivity index (χ4n) is 3.06. The molecule has 0 amide bonds. The van der Waals surface area contributed by atoms with Gasteiger partial charge in [0.1, 0.15) is 0 Å². The number of hydrogen-bond acceptors (Lipinski definition) is 4. The van der Waals surface area contributed by atoms with Gasteiger partial charge in [0.25, 0.3) is 0 Å². The zero-order valence-corrected chi connectivity index (χ0v) is 15.4. The number of rotatable bonds is 7. The van der Waals surface area contributed by atoms with E-state index in [2.05, 4.69) is 43.1 Å². The van der Waals surface area contributed by atoms with Crippen molar-refractivity contribution in [1.82, 2.24) is 19.1 Å². The monoisotopic (exact) mass is 364 g/mol. The predicted molar refractivity (Wildman–Crippen MR) is 104 cm³/mol. The highest BCUT2D eigenvalue weighted by atomic mass is 32.1. The zero-order chi connectivity index (χ0) is 17.8. The summed E-state index contributed by atoms with van der Waals surface area (Å²) in [6.45, 7) is 2.18. The Morgan fingerprint density at radius 3 is 2.69 bits per heavy atom. The van der Waals surface area contributed by atoms with Crippen molar-refractivity contribution in [3.63, 3.8) is 0 Å². The molecule has 0 fully saturated rings.